The normalized spacial score (nSPS) is 12.4. The first-order valence-corrected chi connectivity index (χ1v) is 24.2. The maximum absolute atomic E-state index is 6.84. The molecule has 334 valence electrons. The molecule has 0 N–H and O–H groups in total. The maximum Gasteiger partial charge on any atom is 0.137 e. The van der Waals surface area contributed by atoms with Crippen molar-refractivity contribution in [2.24, 2.45) is 0 Å². The smallest absolute Gasteiger partial charge is 0.137 e. The third-order valence-corrected chi connectivity index (χ3v) is 14.2. The highest BCUT2D eigenvalue weighted by atomic mass is 16.5. The summed E-state index contributed by atoms with van der Waals surface area (Å²) >= 11 is 0. The van der Waals surface area contributed by atoms with Crippen molar-refractivity contribution in [2.75, 3.05) is 16.5 Å². The van der Waals surface area contributed by atoms with Crippen LogP contribution in [-0.2, 0) is 0 Å². The van der Waals surface area contributed by atoms with Gasteiger partial charge in [0.1, 0.15) is 24.0 Å². The molecule has 2 aromatic heterocycles. The van der Waals surface area contributed by atoms with Crippen molar-refractivity contribution in [3.63, 3.8) is 0 Å². The molecule has 0 aliphatic carbocycles. The first-order valence-electron chi connectivity index (χ1n) is 24.2. The van der Waals surface area contributed by atoms with Crippen molar-refractivity contribution >= 4 is 76.9 Å². The van der Waals surface area contributed by atoms with Crippen LogP contribution in [0.2, 0.25) is 0 Å². The van der Waals surface area contributed by atoms with E-state index in [1.54, 1.807) is 0 Å². The van der Waals surface area contributed by atoms with E-state index in [2.05, 4.69) is 245 Å². The summed E-state index contributed by atoms with van der Waals surface area (Å²) in [7, 11) is 0. The largest absolute Gasteiger partial charge is 0.457 e. The summed E-state index contributed by atoms with van der Waals surface area (Å²) in [5.41, 5.74) is 13.7. The fourth-order valence-corrected chi connectivity index (χ4v) is 11.1. The number of anilines is 4. The molecular formula is C66H44N4O. The number of fused-ring (bicyclic) bond motifs is 8. The Morgan fingerprint density at radius 3 is 1.68 bits per heavy atom. The predicted molar refractivity (Wildman–Crippen MR) is 296 cm³/mol. The summed E-state index contributed by atoms with van der Waals surface area (Å²) in [5, 5.41) is 9.63. The third kappa shape index (κ3) is 6.81. The molecule has 1 aliphatic heterocycles. The van der Waals surface area contributed by atoms with Crippen LogP contribution in [0, 0.1) is 0 Å². The van der Waals surface area contributed by atoms with Gasteiger partial charge in [-0.05, 0) is 116 Å². The Bertz CT molecular complexity index is 4070. The first kappa shape index (κ1) is 40.6. The summed E-state index contributed by atoms with van der Waals surface area (Å²) in [6.45, 7) is 0.569. The number of para-hydroxylation sites is 1. The van der Waals surface area contributed by atoms with Gasteiger partial charge in [-0.25, -0.2) is 4.98 Å². The Balaban J connectivity index is 0.946. The molecular weight excluding hydrogens is 865 g/mol. The summed E-state index contributed by atoms with van der Waals surface area (Å²) in [6.07, 6.45) is 1.84. The van der Waals surface area contributed by atoms with E-state index in [0.29, 0.717) is 6.67 Å². The molecule has 1 aliphatic rings. The van der Waals surface area contributed by atoms with Gasteiger partial charge in [0.2, 0.25) is 0 Å². The summed E-state index contributed by atoms with van der Waals surface area (Å²) in [5.74, 6) is 2.37. The van der Waals surface area contributed by atoms with Gasteiger partial charge in [-0.1, -0.05) is 170 Å². The minimum absolute atomic E-state index is 0.569. The fraction of sp³-hybridized carbons (Fsp3) is 0.0152. The minimum atomic E-state index is 0.569. The maximum atomic E-state index is 6.84. The fourth-order valence-electron chi connectivity index (χ4n) is 11.1. The molecule has 14 rings (SSSR count). The Hall–Kier alpha value is -9.45. The number of benzene rings is 11. The lowest BCUT2D eigenvalue weighted by Gasteiger charge is -2.29. The van der Waals surface area contributed by atoms with Gasteiger partial charge in [-0.15, -0.1) is 0 Å². The SMILES string of the molecule is c1ccc(-c2cc(-c3c4ccccc4cc4ccccc34)cc(-c3ccccc3)c2N2CN(c3cccc(Oc4ccc5c6ccccc6n(-c6ccccn6)c5c4)c3)c3ccc4ccccc4c32)cc1. The van der Waals surface area contributed by atoms with Gasteiger partial charge in [0.05, 0.1) is 28.1 Å². The van der Waals surface area contributed by atoms with Crippen molar-refractivity contribution in [1.82, 2.24) is 9.55 Å². The highest BCUT2D eigenvalue weighted by Gasteiger charge is 2.34. The average Bonchev–Trinajstić information content (AvgIpc) is 3.99. The van der Waals surface area contributed by atoms with Crippen LogP contribution in [0.3, 0.4) is 0 Å². The molecule has 0 spiro atoms. The molecule has 11 aromatic carbocycles. The second kappa shape index (κ2) is 16.7. The average molecular weight is 909 g/mol. The van der Waals surface area contributed by atoms with Crippen molar-refractivity contribution < 1.29 is 4.74 Å². The van der Waals surface area contributed by atoms with Crippen LogP contribution in [0.15, 0.2) is 255 Å². The van der Waals surface area contributed by atoms with Crippen molar-refractivity contribution in [1.29, 1.82) is 0 Å². The molecule has 5 nitrogen and oxygen atoms in total. The molecule has 0 bridgehead atoms. The molecule has 0 saturated carbocycles. The van der Waals surface area contributed by atoms with Crippen molar-refractivity contribution in [3.05, 3.63) is 255 Å². The van der Waals surface area contributed by atoms with E-state index in [9.17, 15) is 0 Å². The summed E-state index contributed by atoms with van der Waals surface area (Å²) < 4.78 is 9.06. The van der Waals surface area contributed by atoms with Gasteiger partial charge < -0.3 is 14.5 Å². The zero-order chi connectivity index (χ0) is 46.8. The monoisotopic (exact) mass is 908 g/mol. The quantitative estimate of drug-likeness (QED) is 0.142. The molecule has 71 heavy (non-hydrogen) atoms. The molecule has 3 heterocycles. The van der Waals surface area contributed by atoms with Crippen LogP contribution in [0.25, 0.3) is 93.3 Å². The van der Waals surface area contributed by atoms with Gasteiger partial charge in [0, 0.05) is 51.3 Å². The molecule has 0 atom stereocenters. The second-order valence-electron chi connectivity index (χ2n) is 18.3. The van der Waals surface area contributed by atoms with Gasteiger partial charge >= 0.3 is 0 Å². The molecule has 0 amide bonds. The van der Waals surface area contributed by atoms with Gasteiger partial charge in [0.15, 0.2) is 0 Å². The predicted octanol–water partition coefficient (Wildman–Crippen LogP) is 17.7. The van der Waals surface area contributed by atoms with Crippen LogP contribution >= 0.6 is 0 Å². The summed E-state index contributed by atoms with van der Waals surface area (Å²) in [6, 6.07) is 89.4. The van der Waals surface area contributed by atoms with Crippen molar-refractivity contribution in [3.8, 4) is 50.7 Å². The molecule has 0 radical (unpaired) electrons. The number of rotatable bonds is 8. The van der Waals surface area contributed by atoms with Crippen LogP contribution in [0.4, 0.5) is 22.7 Å². The van der Waals surface area contributed by atoms with E-state index in [-0.39, 0.29) is 0 Å². The van der Waals surface area contributed by atoms with E-state index in [1.807, 2.05) is 24.4 Å². The number of ether oxygens (including phenoxy) is 1. The van der Waals surface area contributed by atoms with E-state index in [1.165, 1.54) is 54.5 Å². The Labute approximate surface area is 411 Å². The highest BCUT2D eigenvalue weighted by molar-refractivity contribution is 6.15. The highest BCUT2D eigenvalue weighted by Crippen LogP contribution is 2.54. The lowest BCUT2D eigenvalue weighted by molar-refractivity contribution is 0.483. The molecule has 13 aromatic rings. The van der Waals surface area contributed by atoms with Crippen molar-refractivity contribution in [2.45, 2.75) is 0 Å². The van der Waals surface area contributed by atoms with Crippen LogP contribution in [0.5, 0.6) is 11.5 Å². The van der Waals surface area contributed by atoms with Crippen LogP contribution < -0.4 is 14.5 Å². The number of nitrogens with zero attached hydrogens (tertiary/aromatic N) is 4. The lowest BCUT2D eigenvalue weighted by atomic mass is 9.86. The number of aromatic nitrogens is 2. The zero-order valence-corrected chi connectivity index (χ0v) is 38.7. The number of hydrogen-bond donors (Lipinski definition) is 0. The second-order valence-corrected chi connectivity index (χ2v) is 18.3. The molecule has 0 unspecified atom stereocenters. The Kier molecular flexibility index (Phi) is 9.52. The van der Waals surface area contributed by atoms with E-state index < -0.39 is 0 Å². The minimum Gasteiger partial charge on any atom is -0.457 e. The molecule has 5 heteroatoms. The van der Waals surface area contributed by atoms with Gasteiger partial charge in [-0.3, -0.25) is 4.57 Å². The summed E-state index contributed by atoms with van der Waals surface area (Å²) in [4.78, 5) is 9.75. The van der Waals surface area contributed by atoms with E-state index >= 15 is 0 Å². The zero-order valence-electron chi connectivity index (χ0n) is 38.7. The van der Waals surface area contributed by atoms with E-state index in [4.69, 9.17) is 9.72 Å². The lowest BCUT2D eigenvalue weighted by Crippen LogP contribution is -2.25. The number of hydrogen-bond acceptors (Lipinski definition) is 4. The molecule has 0 fully saturated rings. The van der Waals surface area contributed by atoms with Gasteiger partial charge in [-0.2, -0.15) is 0 Å². The topological polar surface area (TPSA) is 33.5 Å². The van der Waals surface area contributed by atoms with E-state index in [0.717, 1.165) is 73.1 Å². The van der Waals surface area contributed by atoms with Crippen LogP contribution in [0.1, 0.15) is 0 Å². The van der Waals surface area contributed by atoms with Crippen LogP contribution in [-0.4, -0.2) is 16.2 Å². The first-order chi connectivity index (χ1) is 35.2. The standard InChI is InChI=1S/C66H44N4O/c1-3-18-44(19-4-1)58-39-49(64-53-27-10-8-23-47(53)38-48-24-9-11-28-54(48)64)40-59(45-20-5-2-6-21-45)65(58)69-43-68(61-36-33-46-22-7-12-29-55(46)66(61)69)50-25-17-26-51(41-50)71-52-34-35-57-56-30-13-14-31-60(56)70(62(57)42-52)63-32-15-16-37-67-63/h1-42H,43H2. The number of pyridine rings is 1. The Morgan fingerprint density at radius 2 is 0.972 bits per heavy atom. The Morgan fingerprint density at radius 1 is 0.366 bits per heavy atom. The molecule has 0 saturated heterocycles. The third-order valence-electron chi connectivity index (χ3n) is 14.2. The van der Waals surface area contributed by atoms with Gasteiger partial charge in [0.25, 0.3) is 0 Å².